The molecule has 0 heterocycles. The average molecular weight is 513 g/mol. The maximum atomic E-state index is 14.9. The van der Waals surface area contributed by atoms with Gasteiger partial charge in [-0.15, -0.1) is 0 Å². The van der Waals surface area contributed by atoms with E-state index < -0.39 is 29.4 Å². The number of rotatable bonds is 9. The maximum absolute atomic E-state index is 14.9. The quantitative estimate of drug-likeness (QED) is 0.230. The zero-order chi connectivity index (χ0) is 26.5. The highest BCUT2D eigenvalue weighted by Crippen LogP contribution is 2.40. The lowest BCUT2D eigenvalue weighted by Crippen LogP contribution is -2.16. The topological polar surface area (TPSA) is 29.5 Å². The third kappa shape index (κ3) is 6.07. The van der Waals surface area contributed by atoms with Crippen molar-refractivity contribution in [1.82, 2.24) is 0 Å². The molecule has 0 radical (unpaired) electrons. The molecule has 0 bridgehead atoms. The number of aliphatic hydroxyl groups is 1. The first-order valence-corrected chi connectivity index (χ1v) is 12.8. The smallest absolute Gasteiger partial charge is 0.200 e. The van der Waals surface area contributed by atoms with Crippen LogP contribution in [0.15, 0.2) is 61.2 Å². The highest BCUT2D eigenvalue weighted by atomic mass is 19.2. The van der Waals surface area contributed by atoms with E-state index in [9.17, 15) is 22.7 Å². The summed E-state index contributed by atoms with van der Waals surface area (Å²) in [6.45, 7) is 5.25. The van der Waals surface area contributed by atoms with Gasteiger partial charge in [0, 0.05) is 5.56 Å². The Morgan fingerprint density at radius 3 is 2.24 bits per heavy atom. The van der Waals surface area contributed by atoms with Crippen molar-refractivity contribution in [3.05, 3.63) is 101 Å². The van der Waals surface area contributed by atoms with Gasteiger partial charge in [0.05, 0.1) is 6.10 Å². The van der Waals surface area contributed by atoms with Crippen molar-refractivity contribution in [2.24, 2.45) is 5.92 Å². The number of halogens is 4. The van der Waals surface area contributed by atoms with Crippen LogP contribution in [0.5, 0.6) is 5.75 Å². The molecule has 1 N–H and O–H groups in total. The number of aryl methyl sites for hydroxylation is 1. The zero-order valence-corrected chi connectivity index (χ0v) is 21.0. The Labute approximate surface area is 215 Å². The van der Waals surface area contributed by atoms with Crippen LogP contribution in [0.4, 0.5) is 17.6 Å². The van der Waals surface area contributed by atoms with Crippen LogP contribution < -0.4 is 4.74 Å². The molecule has 0 aliphatic heterocycles. The lowest BCUT2D eigenvalue weighted by atomic mass is 9.76. The van der Waals surface area contributed by atoms with E-state index in [1.54, 1.807) is 49.4 Å². The third-order valence-corrected chi connectivity index (χ3v) is 7.41. The molecule has 0 saturated heterocycles. The second-order valence-corrected chi connectivity index (χ2v) is 9.84. The molecule has 1 atom stereocenters. The maximum Gasteiger partial charge on any atom is 0.200 e. The van der Waals surface area contributed by atoms with Crippen LogP contribution in [0.3, 0.4) is 0 Å². The zero-order valence-electron chi connectivity index (χ0n) is 21.0. The van der Waals surface area contributed by atoms with Crippen LogP contribution in [-0.2, 0) is 6.42 Å². The molecule has 37 heavy (non-hydrogen) atoms. The number of ether oxygens (including phenoxy) is 1. The minimum absolute atomic E-state index is 0.0760. The van der Waals surface area contributed by atoms with E-state index in [0.29, 0.717) is 53.9 Å². The summed E-state index contributed by atoms with van der Waals surface area (Å²) < 4.78 is 64.0. The molecule has 1 saturated carbocycles. The van der Waals surface area contributed by atoms with E-state index in [2.05, 4.69) is 6.58 Å². The first-order chi connectivity index (χ1) is 17.8. The van der Waals surface area contributed by atoms with Gasteiger partial charge in [0.2, 0.25) is 5.82 Å². The molecule has 1 fully saturated rings. The second kappa shape index (κ2) is 12.0. The summed E-state index contributed by atoms with van der Waals surface area (Å²) in [5.41, 5.74) is 2.15. The van der Waals surface area contributed by atoms with Crippen molar-refractivity contribution in [2.75, 3.05) is 6.61 Å². The predicted octanol–water partition coefficient (Wildman–Crippen LogP) is 8.43. The highest BCUT2D eigenvalue weighted by Gasteiger charge is 2.27. The summed E-state index contributed by atoms with van der Waals surface area (Å²) in [7, 11) is 0. The fourth-order valence-electron chi connectivity index (χ4n) is 5.19. The Morgan fingerprint density at radius 1 is 0.892 bits per heavy atom. The Balaban J connectivity index is 1.35. The van der Waals surface area contributed by atoms with Gasteiger partial charge in [-0.05, 0) is 85.6 Å². The van der Waals surface area contributed by atoms with Gasteiger partial charge >= 0.3 is 0 Å². The van der Waals surface area contributed by atoms with Gasteiger partial charge in [-0.3, -0.25) is 0 Å². The fourth-order valence-corrected chi connectivity index (χ4v) is 5.19. The minimum atomic E-state index is -0.971. The Morgan fingerprint density at radius 2 is 1.59 bits per heavy atom. The SMILES string of the molecule is C=CCOc1ccc(C2CCC(CCc3ccc(-c4ccc(C(C)O)cc4)c(F)c3F)CC2)c(F)c1F. The van der Waals surface area contributed by atoms with Gasteiger partial charge in [-0.2, -0.15) is 4.39 Å². The lowest BCUT2D eigenvalue weighted by molar-refractivity contribution is 0.199. The number of hydrogen-bond acceptors (Lipinski definition) is 2. The summed E-state index contributed by atoms with van der Waals surface area (Å²) in [6, 6.07) is 13.0. The Kier molecular flexibility index (Phi) is 8.70. The number of aliphatic hydroxyl groups excluding tert-OH is 1. The van der Waals surface area contributed by atoms with Gasteiger partial charge in [-0.25, -0.2) is 13.2 Å². The molecule has 3 aromatic carbocycles. The van der Waals surface area contributed by atoms with Crippen LogP contribution in [0.2, 0.25) is 0 Å². The molecule has 0 spiro atoms. The molecule has 0 aromatic heterocycles. The van der Waals surface area contributed by atoms with Crippen LogP contribution >= 0.6 is 0 Å². The monoisotopic (exact) mass is 512 g/mol. The molecule has 1 unspecified atom stereocenters. The molecule has 196 valence electrons. The lowest BCUT2D eigenvalue weighted by Gasteiger charge is -2.29. The van der Waals surface area contributed by atoms with Crippen molar-refractivity contribution in [1.29, 1.82) is 0 Å². The van der Waals surface area contributed by atoms with Crippen molar-refractivity contribution in [3.8, 4) is 16.9 Å². The van der Waals surface area contributed by atoms with Crippen LogP contribution in [0.25, 0.3) is 11.1 Å². The van der Waals surface area contributed by atoms with E-state index in [4.69, 9.17) is 4.74 Å². The molecular formula is C31H32F4O2. The molecule has 1 aliphatic carbocycles. The van der Waals surface area contributed by atoms with Gasteiger partial charge in [0.1, 0.15) is 6.61 Å². The summed E-state index contributed by atoms with van der Waals surface area (Å²) in [5, 5.41) is 9.65. The molecular weight excluding hydrogens is 480 g/mol. The molecule has 2 nitrogen and oxygen atoms in total. The molecule has 1 aliphatic rings. The molecule has 6 heteroatoms. The number of benzene rings is 3. The Bertz CT molecular complexity index is 1230. The fraction of sp³-hybridized carbons (Fsp3) is 0.355. The van der Waals surface area contributed by atoms with Crippen LogP contribution in [0, 0.1) is 29.2 Å². The van der Waals surface area contributed by atoms with E-state index in [1.807, 2.05) is 0 Å². The standard InChI is InChI=1S/C31H32F4O2/c1-3-18-37-27-17-16-26(30(34)31(27)35)22-7-4-20(5-8-22)6-9-24-14-15-25(29(33)28(24)32)23-12-10-21(11-13-23)19(2)36/h3,10-17,19-20,22,36H,1,4-9,18H2,2H3. The highest BCUT2D eigenvalue weighted by molar-refractivity contribution is 5.65. The summed E-state index contributed by atoms with van der Waals surface area (Å²) >= 11 is 0. The normalized spacial score (nSPS) is 18.4. The third-order valence-electron chi connectivity index (χ3n) is 7.41. The van der Waals surface area contributed by atoms with Crippen LogP contribution in [-0.4, -0.2) is 11.7 Å². The summed E-state index contributed by atoms with van der Waals surface area (Å²) in [4.78, 5) is 0. The van der Waals surface area contributed by atoms with Crippen molar-refractivity contribution < 1.29 is 27.4 Å². The minimum Gasteiger partial charge on any atom is -0.486 e. The molecule has 0 amide bonds. The summed E-state index contributed by atoms with van der Waals surface area (Å²) in [6.07, 6.45) is 5.03. The van der Waals surface area contributed by atoms with E-state index in [0.717, 1.165) is 12.8 Å². The first-order valence-electron chi connectivity index (χ1n) is 12.8. The van der Waals surface area contributed by atoms with Crippen molar-refractivity contribution in [2.45, 2.75) is 57.5 Å². The van der Waals surface area contributed by atoms with E-state index >= 15 is 0 Å². The molecule has 3 aromatic rings. The first kappa shape index (κ1) is 26.9. The van der Waals surface area contributed by atoms with E-state index in [1.165, 1.54) is 12.1 Å². The Hall–Kier alpha value is -3.12. The summed E-state index contributed by atoms with van der Waals surface area (Å²) in [5.74, 6) is -3.41. The second-order valence-electron chi connectivity index (χ2n) is 9.84. The van der Waals surface area contributed by atoms with Crippen molar-refractivity contribution in [3.63, 3.8) is 0 Å². The van der Waals surface area contributed by atoms with Gasteiger partial charge < -0.3 is 9.84 Å². The van der Waals surface area contributed by atoms with Crippen molar-refractivity contribution >= 4 is 0 Å². The van der Waals surface area contributed by atoms with Gasteiger partial charge in [0.15, 0.2) is 23.2 Å². The molecule has 4 rings (SSSR count). The van der Waals surface area contributed by atoms with Gasteiger partial charge in [-0.1, -0.05) is 55.1 Å². The van der Waals surface area contributed by atoms with Crippen LogP contribution in [0.1, 0.15) is 67.7 Å². The average Bonchev–Trinajstić information content (AvgIpc) is 2.91. The van der Waals surface area contributed by atoms with Gasteiger partial charge in [0.25, 0.3) is 0 Å². The van der Waals surface area contributed by atoms with E-state index in [-0.39, 0.29) is 23.8 Å². The number of hydrogen-bond donors (Lipinski definition) is 1. The largest absolute Gasteiger partial charge is 0.486 e. The predicted molar refractivity (Wildman–Crippen MR) is 137 cm³/mol.